The van der Waals surface area contributed by atoms with Crippen LogP contribution in [0.3, 0.4) is 0 Å². The number of hydrogen-bond acceptors (Lipinski definition) is 2. The molecule has 0 aliphatic carbocycles. The second kappa shape index (κ2) is 5.70. The fraction of sp³-hybridized carbons (Fsp3) is 0.500. The molecule has 0 spiro atoms. The summed E-state index contributed by atoms with van der Waals surface area (Å²) in [6.45, 7) is 2.31. The minimum atomic E-state index is 0.635. The molecule has 0 aromatic heterocycles. The van der Waals surface area contributed by atoms with E-state index in [1.807, 2.05) is 0 Å². The minimum Gasteiger partial charge on any atom is -0.381 e. The van der Waals surface area contributed by atoms with Crippen molar-refractivity contribution < 1.29 is 0 Å². The maximum absolute atomic E-state index is 3.64. The van der Waals surface area contributed by atoms with E-state index in [4.69, 9.17) is 0 Å². The van der Waals surface area contributed by atoms with E-state index in [0.717, 1.165) is 6.54 Å². The first-order valence-electron chi connectivity index (χ1n) is 5.58. The molecule has 1 unspecified atom stereocenters. The Balaban J connectivity index is 1.98. The first kappa shape index (κ1) is 11.2. The number of halogens is 1. The Morgan fingerprint density at radius 3 is 2.93 bits per heavy atom. The molecule has 82 valence electrons. The van der Waals surface area contributed by atoms with Gasteiger partial charge in [-0.1, -0.05) is 12.1 Å². The number of hydrogen-bond donors (Lipinski definition) is 2. The number of nitrogens with one attached hydrogen (secondary N) is 2. The van der Waals surface area contributed by atoms with Crippen molar-refractivity contribution in [3.05, 3.63) is 27.8 Å². The van der Waals surface area contributed by atoms with Crippen LogP contribution in [0.5, 0.6) is 0 Å². The van der Waals surface area contributed by atoms with Crippen LogP contribution < -0.4 is 10.6 Å². The molecule has 1 heterocycles. The molecule has 2 nitrogen and oxygen atoms in total. The van der Waals surface area contributed by atoms with Crippen LogP contribution in [0.1, 0.15) is 19.3 Å². The van der Waals surface area contributed by atoms with E-state index in [1.165, 1.54) is 35.1 Å². The summed E-state index contributed by atoms with van der Waals surface area (Å²) in [5.74, 6) is 0. The van der Waals surface area contributed by atoms with Gasteiger partial charge >= 0.3 is 0 Å². The average molecular weight is 316 g/mol. The number of anilines is 1. The number of benzene rings is 1. The number of rotatable bonds is 2. The largest absolute Gasteiger partial charge is 0.381 e. The summed E-state index contributed by atoms with van der Waals surface area (Å²) < 4.78 is 1.31. The summed E-state index contributed by atoms with van der Waals surface area (Å²) in [4.78, 5) is 0. The second-order valence-corrected chi connectivity index (χ2v) is 5.16. The predicted molar refractivity (Wildman–Crippen MR) is 73.3 cm³/mol. The molecule has 1 atom stereocenters. The highest BCUT2D eigenvalue weighted by Gasteiger charge is 2.12. The normalized spacial score (nSPS) is 22.1. The van der Waals surface area contributed by atoms with Gasteiger partial charge in [-0.05, 0) is 67.1 Å². The molecule has 1 aromatic rings. The third kappa shape index (κ3) is 3.34. The second-order valence-electron chi connectivity index (χ2n) is 4.00. The molecule has 0 radical (unpaired) electrons. The Kier molecular flexibility index (Phi) is 4.26. The van der Waals surface area contributed by atoms with Crippen LogP contribution in [0.15, 0.2) is 24.3 Å². The molecule has 1 saturated heterocycles. The Labute approximate surface area is 105 Å². The Bertz CT molecular complexity index is 306. The van der Waals surface area contributed by atoms with Gasteiger partial charge < -0.3 is 10.6 Å². The zero-order valence-corrected chi connectivity index (χ0v) is 11.0. The van der Waals surface area contributed by atoms with E-state index < -0.39 is 0 Å². The van der Waals surface area contributed by atoms with Crippen molar-refractivity contribution in [2.24, 2.45) is 0 Å². The lowest BCUT2D eigenvalue weighted by molar-refractivity contribution is 0.637. The highest BCUT2D eigenvalue weighted by Crippen LogP contribution is 2.20. The van der Waals surface area contributed by atoms with E-state index >= 15 is 0 Å². The van der Waals surface area contributed by atoms with E-state index in [0.29, 0.717) is 6.04 Å². The fourth-order valence-corrected chi connectivity index (χ4v) is 2.50. The molecule has 1 fully saturated rings. The molecule has 0 saturated carbocycles. The van der Waals surface area contributed by atoms with Crippen LogP contribution in [0.2, 0.25) is 0 Å². The molecule has 1 aromatic carbocycles. The number of para-hydroxylation sites is 1. The zero-order chi connectivity index (χ0) is 10.5. The average Bonchev–Trinajstić information content (AvgIpc) is 2.50. The van der Waals surface area contributed by atoms with Crippen LogP contribution >= 0.6 is 22.6 Å². The molecule has 2 rings (SSSR count). The van der Waals surface area contributed by atoms with Gasteiger partial charge in [-0.2, -0.15) is 0 Å². The van der Waals surface area contributed by atoms with Gasteiger partial charge in [0.1, 0.15) is 0 Å². The SMILES string of the molecule is Ic1ccccc1NC1CCCNCC1. The van der Waals surface area contributed by atoms with E-state index in [2.05, 4.69) is 57.5 Å². The van der Waals surface area contributed by atoms with Crippen LogP contribution in [0.25, 0.3) is 0 Å². The molecular formula is C12H17IN2. The molecule has 3 heteroatoms. The molecule has 1 aliphatic heterocycles. The van der Waals surface area contributed by atoms with Gasteiger partial charge in [0.05, 0.1) is 0 Å². The first-order valence-corrected chi connectivity index (χ1v) is 6.66. The first-order chi connectivity index (χ1) is 7.36. The summed E-state index contributed by atoms with van der Waals surface area (Å²) in [7, 11) is 0. The fourth-order valence-electron chi connectivity index (χ4n) is 1.96. The quantitative estimate of drug-likeness (QED) is 0.820. The summed E-state index contributed by atoms with van der Waals surface area (Å²) >= 11 is 2.39. The zero-order valence-electron chi connectivity index (χ0n) is 8.80. The lowest BCUT2D eigenvalue weighted by Gasteiger charge is -2.18. The van der Waals surface area contributed by atoms with Crippen molar-refractivity contribution in [3.8, 4) is 0 Å². The van der Waals surface area contributed by atoms with Gasteiger partial charge in [0.2, 0.25) is 0 Å². The van der Waals surface area contributed by atoms with Gasteiger partial charge in [-0.15, -0.1) is 0 Å². The monoisotopic (exact) mass is 316 g/mol. The third-order valence-corrected chi connectivity index (χ3v) is 3.75. The topological polar surface area (TPSA) is 24.1 Å². The Morgan fingerprint density at radius 1 is 1.20 bits per heavy atom. The van der Waals surface area contributed by atoms with Gasteiger partial charge in [0, 0.05) is 15.3 Å². The standard InChI is InChI=1S/C12H17IN2/c13-11-5-1-2-6-12(11)15-10-4-3-8-14-9-7-10/h1-2,5-6,10,14-15H,3-4,7-9H2. The van der Waals surface area contributed by atoms with Crippen LogP contribution in [0, 0.1) is 3.57 Å². The molecule has 2 N–H and O–H groups in total. The van der Waals surface area contributed by atoms with Gasteiger partial charge in [0.15, 0.2) is 0 Å². The van der Waals surface area contributed by atoms with Gasteiger partial charge in [-0.25, -0.2) is 0 Å². The van der Waals surface area contributed by atoms with Gasteiger partial charge in [0.25, 0.3) is 0 Å². The summed E-state index contributed by atoms with van der Waals surface area (Å²) in [5, 5.41) is 7.08. The molecule has 1 aliphatic rings. The molecule has 15 heavy (non-hydrogen) atoms. The van der Waals surface area contributed by atoms with E-state index in [1.54, 1.807) is 0 Å². The molecule has 0 amide bonds. The van der Waals surface area contributed by atoms with Crippen LogP contribution in [-0.2, 0) is 0 Å². The molecular weight excluding hydrogens is 299 g/mol. The Morgan fingerprint density at radius 2 is 2.07 bits per heavy atom. The lowest BCUT2D eigenvalue weighted by atomic mass is 10.1. The maximum Gasteiger partial charge on any atom is 0.0478 e. The van der Waals surface area contributed by atoms with Crippen molar-refractivity contribution in [1.82, 2.24) is 5.32 Å². The van der Waals surface area contributed by atoms with Crippen molar-refractivity contribution in [2.75, 3.05) is 18.4 Å². The van der Waals surface area contributed by atoms with E-state index in [9.17, 15) is 0 Å². The Hall–Kier alpha value is -0.290. The summed E-state index contributed by atoms with van der Waals surface area (Å²) in [6.07, 6.45) is 3.78. The van der Waals surface area contributed by atoms with Crippen molar-refractivity contribution in [1.29, 1.82) is 0 Å². The summed E-state index contributed by atoms with van der Waals surface area (Å²) in [6, 6.07) is 9.13. The minimum absolute atomic E-state index is 0.635. The maximum atomic E-state index is 3.64. The van der Waals surface area contributed by atoms with Crippen molar-refractivity contribution in [3.63, 3.8) is 0 Å². The van der Waals surface area contributed by atoms with Crippen molar-refractivity contribution in [2.45, 2.75) is 25.3 Å². The van der Waals surface area contributed by atoms with Crippen molar-refractivity contribution >= 4 is 28.3 Å². The lowest BCUT2D eigenvalue weighted by Crippen LogP contribution is -2.21. The van der Waals surface area contributed by atoms with E-state index in [-0.39, 0.29) is 0 Å². The highest BCUT2D eigenvalue weighted by molar-refractivity contribution is 14.1. The smallest absolute Gasteiger partial charge is 0.0478 e. The third-order valence-electron chi connectivity index (χ3n) is 2.81. The highest BCUT2D eigenvalue weighted by atomic mass is 127. The van der Waals surface area contributed by atoms with Gasteiger partial charge in [-0.3, -0.25) is 0 Å². The molecule has 0 bridgehead atoms. The summed E-state index contributed by atoms with van der Waals surface area (Å²) in [5.41, 5.74) is 1.28. The van der Waals surface area contributed by atoms with Crippen LogP contribution in [-0.4, -0.2) is 19.1 Å². The predicted octanol–water partition coefficient (Wildman–Crippen LogP) is 2.85. The van der Waals surface area contributed by atoms with Crippen LogP contribution in [0.4, 0.5) is 5.69 Å².